The molecule has 1 aliphatic heterocycles. The molecule has 0 bridgehead atoms. The van der Waals surface area contributed by atoms with Gasteiger partial charge in [-0.3, -0.25) is 9.71 Å². The van der Waals surface area contributed by atoms with Crippen LogP contribution in [0.15, 0.2) is 74.5 Å². The van der Waals surface area contributed by atoms with Crippen molar-refractivity contribution in [1.82, 2.24) is 4.72 Å². The van der Waals surface area contributed by atoms with Gasteiger partial charge >= 0.3 is 0 Å². The van der Waals surface area contributed by atoms with E-state index in [2.05, 4.69) is 25.6 Å². The Morgan fingerprint density at radius 2 is 1.61 bits per heavy atom. The minimum absolute atomic E-state index is 0.213. The van der Waals surface area contributed by atoms with Crippen LogP contribution in [0.3, 0.4) is 0 Å². The summed E-state index contributed by atoms with van der Waals surface area (Å²) in [5.41, 5.74) is 3.02. The standard InChI is InChI=1S/C17H15BrN2O2S/c1-12-11-19-17(16(12)18)20-23(21,22)15-9-7-14(8-10-15)13-5-3-2-4-6-13/h2-10H,11H2,1H3,(H,19,20). The van der Waals surface area contributed by atoms with Crippen molar-refractivity contribution >= 4 is 31.8 Å². The first kappa shape index (κ1) is 16.0. The number of hydrogen-bond donors (Lipinski definition) is 1. The second-order valence-corrected chi connectivity index (χ2v) is 7.73. The van der Waals surface area contributed by atoms with Crippen molar-refractivity contribution in [3.05, 3.63) is 64.7 Å². The second-order valence-electron chi connectivity index (χ2n) is 5.26. The molecule has 1 N–H and O–H groups in total. The molecule has 0 aromatic heterocycles. The van der Waals surface area contributed by atoms with Crippen molar-refractivity contribution in [1.29, 1.82) is 0 Å². The average Bonchev–Trinajstić information content (AvgIpc) is 2.87. The largest absolute Gasteiger partial charge is 0.263 e. The second kappa shape index (κ2) is 6.29. The first-order valence-electron chi connectivity index (χ1n) is 7.06. The van der Waals surface area contributed by atoms with Crippen molar-refractivity contribution < 1.29 is 8.42 Å². The average molecular weight is 391 g/mol. The summed E-state index contributed by atoms with van der Waals surface area (Å²) in [6, 6.07) is 16.6. The molecule has 118 valence electrons. The van der Waals surface area contributed by atoms with Crippen molar-refractivity contribution in [2.75, 3.05) is 6.54 Å². The smallest absolute Gasteiger partial charge is 0.263 e. The van der Waals surface area contributed by atoms with Gasteiger partial charge in [0.1, 0.15) is 5.84 Å². The highest BCUT2D eigenvalue weighted by Crippen LogP contribution is 2.23. The summed E-state index contributed by atoms with van der Waals surface area (Å²) in [7, 11) is -3.64. The van der Waals surface area contributed by atoms with Gasteiger partial charge in [-0.05, 0) is 51.7 Å². The predicted octanol–water partition coefficient (Wildman–Crippen LogP) is 3.71. The number of sulfonamides is 1. The molecule has 0 fully saturated rings. The van der Waals surface area contributed by atoms with Crippen LogP contribution in [-0.4, -0.2) is 20.8 Å². The number of benzene rings is 2. The van der Waals surface area contributed by atoms with Crippen LogP contribution in [0, 0.1) is 0 Å². The molecule has 1 heterocycles. The maximum atomic E-state index is 12.5. The first-order valence-corrected chi connectivity index (χ1v) is 9.33. The van der Waals surface area contributed by atoms with Gasteiger partial charge in [0.25, 0.3) is 10.0 Å². The van der Waals surface area contributed by atoms with Gasteiger partial charge < -0.3 is 0 Å². The summed E-state index contributed by atoms with van der Waals surface area (Å²) >= 11 is 3.36. The molecule has 1 aliphatic rings. The molecule has 0 radical (unpaired) electrons. The highest BCUT2D eigenvalue weighted by molar-refractivity contribution is 9.12. The van der Waals surface area contributed by atoms with Crippen LogP contribution >= 0.6 is 15.9 Å². The third-order valence-electron chi connectivity index (χ3n) is 3.56. The van der Waals surface area contributed by atoms with E-state index in [0.717, 1.165) is 16.7 Å². The highest BCUT2D eigenvalue weighted by atomic mass is 79.9. The molecule has 0 unspecified atom stereocenters. The van der Waals surface area contributed by atoms with E-state index in [0.29, 0.717) is 16.9 Å². The fraction of sp³-hybridized carbons (Fsp3) is 0.118. The molecule has 4 nitrogen and oxygen atoms in total. The molecule has 0 aliphatic carbocycles. The lowest BCUT2D eigenvalue weighted by molar-refractivity contribution is 0.592. The van der Waals surface area contributed by atoms with E-state index in [1.165, 1.54) is 0 Å². The van der Waals surface area contributed by atoms with E-state index in [1.54, 1.807) is 24.3 Å². The lowest BCUT2D eigenvalue weighted by Gasteiger charge is -2.09. The zero-order chi connectivity index (χ0) is 16.4. The van der Waals surface area contributed by atoms with Crippen molar-refractivity contribution in [3.63, 3.8) is 0 Å². The van der Waals surface area contributed by atoms with Crippen molar-refractivity contribution in [2.24, 2.45) is 4.99 Å². The van der Waals surface area contributed by atoms with Crippen LogP contribution in [0.1, 0.15) is 6.92 Å². The Bertz CT molecular complexity index is 886. The van der Waals surface area contributed by atoms with E-state index >= 15 is 0 Å². The molecule has 23 heavy (non-hydrogen) atoms. The lowest BCUT2D eigenvalue weighted by atomic mass is 10.1. The molecule has 2 aromatic rings. The molecule has 6 heteroatoms. The number of amidine groups is 1. The summed E-state index contributed by atoms with van der Waals surface area (Å²) in [6.45, 7) is 2.41. The molecule has 0 spiro atoms. The van der Waals surface area contributed by atoms with Gasteiger partial charge in [0, 0.05) is 0 Å². The van der Waals surface area contributed by atoms with Crippen LogP contribution in [0.25, 0.3) is 11.1 Å². The molecule has 0 atom stereocenters. The molecule has 0 amide bonds. The van der Waals surface area contributed by atoms with Crippen LogP contribution in [0.5, 0.6) is 0 Å². The Kier molecular flexibility index (Phi) is 4.37. The fourth-order valence-corrected chi connectivity index (χ4v) is 3.77. The molecule has 3 rings (SSSR count). The van der Waals surface area contributed by atoms with Crippen LogP contribution in [-0.2, 0) is 10.0 Å². The highest BCUT2D eigenvalue weighted by Gasteiger charge is 2.21. The topological polar surface area (TPSA) is 58.5 Å². The number of nitrogens with one attached hydrogen (secondary N) is 1. The van der Waals surface area contributed by atoms with E-state index in [9.17, 15) is 8.42 Å². The van der Waals surface area contributed by atoms with Gasteiger partial charge in [-0.2, -0.15) is 0 Å². The Morgan fingerprint density at radius 3 is 2.17 bits per heavy atom. The molecule has 0 saturated carbocycles. The van der Waals surface area contributed by atoms with Crippen LogP contribution in [0.4, 0.5) is 0 Å². The minimum Gasteiger partial charge on any atom is -0.263 e. The monoisotopic (exact) mass is 390 g/mol. The Hall–Kier alpha value is -1.92. The quantitative estimate of drug-likeness (QED) is 0.867. The summed E-state index contributed by atoms with van der Waals surface area (Å²) in [6.07, 6.45) is 0. The number of aliphatic imine (C=N–C) groups is 1. The predicted molar refractivity (Wildman–Crippen MR) is 96.1 cm³/mol. The Balaban J connectivity index is 1.84. The van der Waals surface area contributed by atoms with E-state index in [-0.39, 0.29) is 4.90 Å². The van der Waals surface area contributed by atoms with Gasteiger partial charge in [0.05, 0.1) is 15.9 Å². The van der Waals surface area contributed by atoms with Gasteiger partial charge in [0.15, 0.2) is 0 Å². The Labute approximate surface area is 144 Å². The molecular weight excluding hydrogens is 376 g/mol. The summed E-state index contributed by atoms with van der Waals surface area (Å²) in [4.78, 5) is 4.39. The summed E-state index contributed by atoms with van der Waals surface area (Å²) in [5, 5.41) is 0. The normalized spacial score (nSPS) is 14.8. The maximum Gasteiger partial charge on any atom is 0.263 e. The van der Waals surface area contributed by atoms with E-state index in [1.807, 2.05) is 37.3 Å². The molecule has 0 saturated heterocycles. The number of nitrogens with zero attached hydrogens (tertiary/aromatic N) is 1. The Morgan fingerprint density at radius 1 is 1.00 bits per heavy atom. The fourth-order valence-electron chi connectivity index (χ4n) is 2.26. The van der Waals surface area contributed by atoms with Crippen LogP contribution < -0.4 is 4.72 Å². The van der Waals surface area contributed by atoms with Gasteiger partial charge in [-0.25, -0.2) is 8.42 Å². The number of hydrogen-bond acceptors (Lipinski definition) is 3. The van der Waals surface area contributed by atoms with Gasteiger partial charge in [-0.15, -0.1) is 0 Å². The number of rotatable bonds is 3. The van der Waals surface area contributed by atoms with Crippen LogP contribution in [0.2, 0.25) is 0 Å². The minimum atomic E-state index is -3.64. The van der Waals surface area contributed by atoms with Gasteiger partial charge in [0.2, 0.25) is 0 Å². The summed E-state index contributed by atoms with van der Waals surface area (Å²) < 4.78 is 28.1. The zero-order valence-corrected chi connectivity index (χ0v) is 14.9. The van der Waals surface area contributed by atoms with E-state index in [4.69, 9.17) is 0 Å². The van der Waals surface area contributed by atoms with E-state index < -0.39 is 10.0 Å². The first-order chi connectivity index (χ1) is 11.0. The third kappa shape index (κ3) is 3.38. The SMILES string of the molecule is CC1=C(Br)C(NS(=O)(=O)c2ccc(-c3ccccc3)cc2)=NC1. The van der Waals surface area contributed by atoms with Crippen molar-refractivity contribution in [2.45, 2.75) is 11.8 Å². The summed E-state index contributed by atoms with van der Waals surface area (Å²) in [5.74, 6) is 0.356. The number of halogens is 1. The van der Waals surface area contributed by atoms with Gasteiger partial charge in [-0.1, -0.05) is 42.5 Å². The maximum absolute atomic E-state index is 12.5. The van der Waals surface area contributed by atoms with Crippen molar-refractivity contribution in [3.8, 4) is 11.1 Å². The molecule has 2 aromatic carbocycles. The zero-order valence-electron chi connectivity index (χ0n) is 12.5. The lowest BCUT2D eigenvalue weighted by Crippen LogP contribution is -2.30. The third-order valence-corrected chi connectivity index (χ3v) is 5.97. The molecular formula is C17H15BrN2O2S.